The van der Waals surface area contributed by atoms with E-state index in [1.54, 1.807) is 27.7 Å². The zero-order valence-corrected chi connectivity index (χ0v) is 18.7. The summed E-state index contributed by atoms with van der Waals surface area (Å²) in [6, 6.07) is 13.3. The number of carbonyl (C=O) groups is 2. The van der Waals surface area contributed by atoms with Crippen LogP contribution < -0.4 is 4.74 Å². The molecule has 0 aliphatic carbocycles. The predicted molar refractivity (Wildman–Crippen MR) is 119 cm³/mol. The minimum absolute atomic E-state index is 0.194. The number of benzene rings is 2. The third kappa shape index (κ3) is 4.24. The van der Waals surface area contributed by atoms with Crippen LogP contribution in [0.25, 0.3) is 0 Å². The summed E-state index contributed by atoms with van der Waals surface area (Å²) in [7, 11) is 1.62. The molecule has 0 spiro atoms. The first-order chi connectivity index (χ1) is 16.5. The molecule has 3 heterocycles. The second kappa shape index (κ2) is 9.22. The number of piperazine rings is 1. The third-order valence-corrected chi connectivity index (χ3v) is 6.21. The van der Waals surface area contributed by atoms with Gasteiger partial charge in [-0.05, 0) is 35.9 Å². The molecule has 9 nitrogen and oxygen atoms in total. The third-order valence-electron chi connectivity index (χ3n) is 6.21. The summed E-state index contributed by atoms with van der Waals surface area (Å²) in [5.74, 6) is -0.156. The molecule has 0 unspecified atom stereocenters. The zero-order chi connectivity index (χ0) is 23.7. The largest absolute Gasteiger partial charge is 0.497 e. The SMILES string of the molecule is COc1ccc([C@@H]2Cn3nnc(C(=O)N4CCN(C(=O)c5cccc(F)c5)CC4)c3CO2)cc1. The molecule has 0 bridgehead atoms. The van der Waals surface area contributed by atoms with Gasteiger partial charge in [0.2, 0.25) is 0 Å². The van der Waals surface area contributed by atoms with Gasteiger partial charge in [-0.15, -0.1) is 5.10 Å². The average molecular weight is 465 g/mol. The van der Waals surface area contributed by atoms with Gasteiger partial charge in [-0.3, -0.25) is 9.59 Å². The molecule has 10 heteroatoms. The Kier molecular flexibility index (Phi) is 5.97. The molecule has 0 saturated carbocycles. The fourth-order valence-electron chi connectivity index (χ4n) is 4.26. The number of hydrogen-bond acceptors (Lipinski definition) is 6. The molecule has 0 N–H and O–H groups in total. The number of nitrogens with zero attached hydrogens (tertiary/aromatic N) is 5. The molecule has 2 aliphatic heterocycles. The first kappa shape index (κ1) is 22.0. The van der Waals surface area contributed by atoms with Gasteiger partial charge < -0.3 is 19.3 Å². The Morgan fingerprint density at radius 3 is 2.41 bits per heavy atom. The Balaban J connectivity index is 1.22. The molecule has 1 aromatic heterocycles. The van der Waals surface area contributed by atoms with Gasteiger partial charge in [-0.1, -0.05) is 23.4 Å². The summed E-state index contributed by atoms with van der Waals surface area (Å²) in [5, 5.41) is 8.33. The van der Waals surface area contributed by atoms with Crippen LogP contribution in [0, 0.1) is 5.82 Å². The minimum atomic E-state index is -0.451. The molecule has 1 saturated heterocycles. The number of methoxy groups -OCH3 is 1. The van der Waals surface area contributed by atoms with Crippen molar-refractivity contribution in [2.24, 2.45) is 0 Å². The number of rotatable bonds is 4. The van der Waals surface area contributed by atoms with Crippen LogP contribution in [0.5, 0.6) is 5.75 Å². The van der Waals surface area contributed by atoms with E-state index in [1.165, 1.54) is 18.2 Å². The molecule has 176 valence electrons. The van der Waals surface area contributed by atoms with Gasteiger partial charge in [0, 0.05) is 31.7 Å². The van der Waals surface area contributed by atoms with Gasteiger partial charge in [0.15, 0.2) is 5.69 Å². The highest BCUT2D eigenvalue weighted by atomic mass is 19.1. The normalized spacial score (nSPS) is 17.9. The van der Waals surface area contributed by atoms with E-state index in [1.807, 2.05) is 24.3 Å². The highest BCUT2D eigenvalue weighted by Crippen LogP contribution is 2.28. The quantitative estimate of drug-likeness (QED) is 0.588. The molecule has 1 atom stereocenters. The smallest absolute Gasteiger partial charge is 0.276 e. The second-order valence-corrected chi connectivity index (χ2v) is 8.23. The Morgan fingerprint density at radius 1 is 1.03 bits per heavy atom. The number of fused-ring (bicyclic) bond motifs is 1. The minimum Gasteiger partial charge on any atom is -0.497 e. The Hall–Kier alpha value is -3.79. The Morgan fingerprint density at radius 2 is 1.74 bits per heavy atom. The maximum absolute atomic E-state index is 13.5. The fraction of sp³-hybridized carbons (Fsp3) is 0.333. The highest BCUT2D eigenvalue weighted by Gasteiger charge is 2.32. The number of aromatic nitrogens is 3. The molecular formula is C24H24FN5O4. The Bertz CT molecular complexity index is 1200. The van der Waals surface area contributed by atoms with Crippen LogP contribution in [0.4, 0.5) is 4.39 Å². The van der Waals surface area contributed by atoms with Crippen molar-refractivity contribution < 1.29 is 23.5 Å². The molecular weight excluding hydrogens is 441 g/mol. The van der Waals surface area contributed by atoms with E-state index in [0.717, 1.165) is 11.3 Å². The van der Waals surface area contributed by atoms with Crippen molar-refractivity contribution in [3.8, 4) is 5.75 Å². The molecule has 34 heavy (non-hydrogen) atoms. The van der Waals surface area contributed by atoms with E-state index in [0.29, 0.717) is 44.0 Å². The lowest BCUT2D eigenvalue weighted by Gasteiger charge is -2.34. The van der Waals surface area contributed by atoms with Crippen LogP contribution >= 0.6 is 0 Å². The van der Waals surface area contributed by atoms with Gasteiger partial charge >= 0.3 is 0 Å². The first-order valence-electron chi connectivity index (χ1n) is 11.1. The molecule has 1 fully saturated rings. The van der Waals surface area contributed by atoms with E-state index in [2.05, 4.69) is 10.3 Å². The van der Waals surface area contributed by atoms with E-state index < -0.39 is 5.82 Å². The molecule has 2 amide bonds. The lowest BCUT2D eigenvalue weighted by Crippen LogP contribution is -2.50. The number of halogens is 1. The number of carbonyl (C=O) groups excluding carboxylic acids is 2. The van der Waals surface area contributed by atoms with Crippen molar-refractivity contribution in [2.45, 2.75) is 19.3 Å². The summed E-state index contributed by atoms with van der Waals surface area (Å²) in [6.45, 7) is 2.13. The second-order valence-electron chi connectivity index (χ2n) is 8.23. The lowest BCUT2D eigenvalue weighted by atomic mass is 10.1. The highest BCUT2D eigenvalue weighted by molar-refractivity contribution is 5.95. The molecule has 0 radical (unpaired) electrons. The molecule has 3 aromatic rings. The van der Waals surface area contributed by atoms with Crippen LogP contribution in [0.15, 0.2) is 48.5 Å². The van der Waals surface area contributed by atoms with Crippen LogP contribution in [-0.2, 0) is 17.9 Å². The molecule has 2 aromatic carbocycles. The number of hydrogen-bond donors (Lipinski definition) is 0. The van der Waals surface area contributed by atoms with Crippen LogP contribution in [0.1, 0.15) is 38.2 Å². The molecule has 5 rings (SSSR count). The van der Waals surface area contributed by atoms with Gasteiger partial charge in [0.1, 0.15) is 17.7 Å². The standard InChI is InChI=1S/C24H24FN5O4/c1-33-19-7-5-16(6-8-19)21-14-30-20(15-34-21)22(26-27-30)24(32)29-11-9-28(10-12-29)23(31)17-3-2-4-18(25)13-17/h2-8,13,21H,9-12,14-15H2,1H3/t21-/m0/s1. The topological polar surface area (TPSA) is 89.8 Å². The summed E-state index contributed by atoms with van der Waals surface area (Å²) < 4.78 is 26.4. The van der Waals surface area contributed by atoms with Gasteiger partial charge in [-0.25, -0.2) is 9.07 Å². The fourth-order valence-corrected chi connectivity index (χ4v) is 4.26. The van der Waals surface area contributed by atoms with Crippen LogP contribution in [0.2, 0.25) is 0 Å². The van der Waals surface area contributed by atoms with Gasteiger partial charge in [-0.2, -0.15) is 0 Å². The van der Waals surface area contributed by atoms with Crippen molar-refractivity contribution in [1.29, 1.82) is 0 Å². The van der Waals surface area contributed by atoms with Crippen LogP contribution in [0.3, 0.4) is 0 Å². The summed E-state index contributed by atoms with van der Waals surface area (Å²) in [5.41, 5.74) is 2.22. The van der Waals surface area contributed by atoms with Crippen molar-refractivity contribution in [3.63, 3.8) is 0 Å². The van der Waals surface area contributed by atoms with E-state index in [9.17, 15) is 14.0 Å². The lowest BCUT2D eigenvalue weighted by molar-refractivity contribution is -0.00204. The zero-order valence-electron chi connectivity index (χ0n) is 18.7. The van der Waals surface area contributed by atoms with Crippen molar-refractivity contribution in [2.75, 3.05) is 33.3 Å². The van der Waals surface area contributed by atoms with E-state index in [-0.39, 0.29) is 30.2 Å². The average Bonchev–Trinajstić information content (AvgIpc) is 3.31. The maximum atomic E-state index is 13.5. The summed E-state index contributed by atoms with van der Waals surface area (Å²) >= 11 is 0. The van der Waals surface area contributed by atoms with Crippen molar-refractivity contribution in [1.82, 2.24) is 24.8 Å². The summed E-state index contributed by atoms with van der Waals surface area (Å²) in [6.07, 6.45) is -0.194. The van der Waals surface area contributed by atoms with Crippen molar-refractivity contribution in [3.05, 3.63) is 76.9 Å². The predicted octanol–water partition coefficient (Wildman–Crippen LogP) is 2.30. The van der Waals surface area contributed by atoms with Gasteiger partial charge in [0.05, 0.1) is 26.0 Å². The first-order valence-corrected chi connectivity index (χ1v) is 11.1. The van der Waals surface area contributed by atoms with E-state index in [4.69, 9.17) is 9.47 Å². The van der Waals surface area contributed by atoms with Crippen molar-refractivity contribution >= 4 is 11.8 Å². The molecule has 2 aliphatic rings. The number of ether oxygens (including phenoxy) is 2. The number of amides is 2. The summed E-state index contributed by atoms with van der Waals surface area (Å²) in [4.78, 5) is 29.1. The monoisotopic (exact) mass is 465 g/mol. The maximum Gasteiger partial charge on any atom is 0.276 e. The van der Waals surface area contributed by atoms with Crippen LogP contribution in [-0.4, -0.2) is 69.9 Å². The Labute approximate surface area is 195 Å². The van der Waals surface area contributed by atoms with E-state index >= 15 is 0 Å². The van der Waals surface area contributed by atoms with Gasteiger partial charge in [0.25, 0.3) is 11.8 Å².